The number of aromatic hydroxyl groups is 1. The van der Waals surface area contributed by atoms with Gasteiger partial charge >= 0.3 is 35.8 Å². The molecule has 278 valence electrons. The number of hydrogen-bond donors (Lipinski definition) is 15. The quantitative estimate of drug-likeness (QED) is 0.0893. The topological polar surface area (TPSA) is 443 Å². The lowest BCUT2D eigenvalue weighted by atomic mass is 10.1. The van der Waals surface area contributed by atoms with Crippen molar-refractivity contribution in [3.8, 4) is 5.75 Å². The highest BCUT2D eigenvalue weighted by Gasteiger charge is 2.16. The number of aliphatic hydroxyl groups excluding tert-OH is 2. The second kappa shape index (κ2) is 26.8. The second-order valence-corrected chi connectivity index (χ2v) is 9.65. The van der Waals surface area contributed by atoms with E-state index in [2.05, 4.69) is 9.97 Å². The third kappa shape index (κ3) is 27.6. The molecule has 0 bridgehead atoms. The molecule has 0 saturated carbocycles. The summed E-state index contributed by atoms with van der Waals surface area (Å²) < 4.78 is 0. The first-order valence-electron chi connectivity index (χ1n) is 13.7. The first-order chi connectivity index (χ1) is 22.6. The molecular weight excluding hydrogens is 662 g/mol. The van der Waals surface area contributed by atoms with Gasteiger partial charge in [-0.2, -0.15) is 0 Å². The number of imidazole rings is 1. The highest BCUT2D eigenvalue weighted by Crippen LogP contribution is 2.10. The van der Waals surface area contributed by atoms with Gasteiger partial charge in [0, 0.05) is 24.7 Å². The van der Waals surface area contributed by atoms with Crippen LogP contribution in [0.25, 0.3) is 0 Å². The Bertz CT molecular complexity index is 1260. The molecule has 0 fully saturated rings. The smallest absolute Gasteiger partial charge is 0.323 e. The summed E-state index contributed by atoms with van der Waals surface area (Å²) >= 11 is 0. The minimum atomic E-state index is -1.18. The minimum absolute atomic E-state index is 0.0231. The number of carboxylic acids is 6. The lowest BCUT2D eigenvalue weighted by molar-refractivity contribution is -0.141. The van der Waals surface area contributed by atoms with Crippen molar-refractivity contribution < 1.29 is 74.7 Å². The van der Waals surface area contributed by atoms with Crippen LogP contribution in [0.15, 0.2) is 36.8 Å². The predicted octanol–water partition coefficient (Wildman–Crippen LogP) is -3.86. The Balaban J connectivity index is -0.000000550. The van der Waals surface area contributed by atoms with E-state index in [1.165, 1.54) is 25.4 Å². The molecule has 1 aromatic heterocycles. The van der Waals surface area contributed by atoms with E-state index in [-0.39, 0.29) is 31.4 Å². The predicted molar refractivity (Wildman–Crippen MR) is 168 cm³/mol. The zero-order chi connectivity index (χ0) is 38.9. The number of rotatable bonds is 14. The van der Waals surface area contributed by atoms with Gasteiger partial charge in [0.2, 0.25) is 0 Å². The number of H-pyrrole nitrogens is 1. The maximum absolute atomic E-state index is 10.4. The molecule has 6 unspecified atom stereocenters. The molecule has 6 atom stereocenters. The number of aromatic amines is 1. The van der Waals surface area contributed by atoms with Crippen LogP contribution >= 0.6 is 0 Å². The van der Waals surface area contributed by atoms with E-state index < -0.39 is 78.7 Å². The fourth-order valence-corrected chi connectivity index (χ4v) is 2.38. The van der Waals surface area contributed by atoms with Gasteiger partial charge in [-0.15, -0.1) is 0 Å². The molecule has 0 saturated heterocycles. The van der Waals surface area contributed by atoms with Gasteiger partial charge in [-0.05, 0) is 37.5 Å². The molecule has 22 nitrogen and oxygen atoms in total. The summed E-state index contributed by atoms with van der Waals surface area (Å²) in [5.41, 5.74) is 26.8. The number of phenolic OH excluding ortho intramolecular Hbond substituents is 1. The molecule has 22 heteroatoms. The molecule has 1 aromatic carbocycles. The summed E-state index contributed by atoms with van der Waals surface area (Å²) in [6.07, 6.45) is 2.41. The number of nitrogens with two attached hydrogens (primary N) is 5. The number of hydrogen-bond acceptors (Lipinski definition) is 15. The van der Waals surface area contributed by atoms with Crippen molar-refractivity contribution in [2.75, 3.05) is 6.61 Å². The maximum Gasteiger partial charge on any atom is 0.323 e. The van der Waals surface area contributed by atoms with Gasteiger partial charge in [-0.1, -0.05) is 12.1 Å². The van der Waals surface area contributed by atoms with Gasteiger partial charge < -0.3 is 79.6 Å². The molecule has 1 heterocycles. The largest absolute Gasteiger partial charge is 0.508 e. The van der Waals surface area contributed by atoms with E-state index in [1.807, 2.05) is 0 Å². The molecule has 0 aliphatic carbocycles. The molecule has 49 heavy (non-hydrogen) atoms. The van der Waals surface area contributed by atoms with Crippen molar-refractivity contribution in [2.24, 2.45) is 28.7 Å². The number of aromatic nitrogens is 2. The average molecular weight is 708 g/mol. The number of carbonyl (C=O) groups is 6. The van der Waals surface area contributed by atoms with Gasteiger partial charge in [0.15, 0.2) is 0 Å². The molecule has 0 aliphatic heterocycles. The molecule has 20 N–H and O–H groups in total. The fourth-order valence-electron chi connectivity index (χ4n) is 2.38. The number of aliphatic hydroxyl groups is 2. The Morgan fingerprint density at radius 2 is 1.16 bits per heavy atom. The summed E-state index contributed by atoms with van der Waals surface area (Å²) in [4.78, 5) is 66.5. The normalized spacial score (nSPS) is 13.5. The average Bonchev–Trinajstić information content (AvgIpc) is 3.54. The number of benzene rings is 1. The zero-order valence-corrected chi connectivity index (χ0v) is 26.3. The minimum Gasteiger partial charge on any atom is -0.508 e. The molecule has 2 aromatic rings. The van der Waals surface area contributed by atoms with Gasteiger partial charge in [0.05, 0.1) is 19.0 Å². The van der Waals surface area contributed by atoms with Gasteiger partial charge in [0.25, 0.3) is 0 Å². The summed E-state index contributed by atoms with van der Waals surface area (Å²) in [5.74, 6) is -6.42. The molecular formula is C27H45N7O15. The molecule has 0 spiro atoms. The van der Waals surface area contributed by atoms with Gasteiger partial charge in [0.1, 0.15) is 36.0 Å². The van der Waals surface area contributed by atoms with Crippen LogP contribution in [0.4, 0.5) is 0 Å². The van der Waals surface area contributed by atoms with Crippen LogP contribution in [0.2, 0.25) is 0 Å². The first-order valence-corrected chi connectivity index (χ1v) is 13.7. The highest BCUT2D eigenvalue weighted by atomic mass is 16.4. The number of aliphatic carboxylic acids is 6. The maximum atomic E-state index is 10.4. The van der Waals surface area contributed by atoms with Crippen LogP contribution in [0.5, 0.6) is 5.75 Å². The third-order valence-electron chi connectivity index (χ3n) is 5.33. The van der Waals surface area contributed by atoms with Crippen molar-refractivity contribution in [3.63, 3.8) is 0 Å². The summed E-state index contributed by atoms with van der Waals surface area (Å²) in [6, 6.07) is 1.23. The molecule has 0 aliphatic rings. The van der Waals surface area contributed by atoms with Crippen LogP contribution in [-0.4, -0.2) is 135 Å². The number of carboxylic acid groups (broad SMARTS) is 6. The Kier molecular flexibility index (Phi) is 26.3. The van der Waals surface area contributed by atoms with Crippen molar-refractivity contribution in [3.05, 3.63) is 48.0 Å². The van der Waals surface area contributed by atoms with E-state index in [0.29, 0.717) is 0 Å². The van der Waals surface area contributed by atoms with Crippen LogP contribution in [0, 0.1) is 0 Å². The van der Waals surface area contributed by atoms with E-state index in [9.17, 15) is 28.8 Å². The van der Waals surface area contributed by atoms with Crippen molar-refractivity contribution in [1.29, 1.82) is 0 Å². The summed E-state index contributed by atoms with van der Waals surface area (Å²) in [5, 5.41) is 74.6. The number of phenols is 1. The van der Waals surface area contributed by atoms with Crippen molar-refractivity contribution in [1.82, 2.24) is 9.97 Å². The molecule has 0 amide bonds. The Morgan fingerprint density at radius 3 is 1.45 bits per heavy atom. The SMILES string of the molecule is CC(O)C(N)C(=O)O.NC(CCC(=O)O)C(=O)O.NC(CO)C(=O)O.NC(Cc1ccc(O)cc1)C(=O)O.NC(Cc1cnc[nH]1)C(=O)O. The Morgan fingerprint density at radius 1 is 0.714 bits per heavy atom. The van der Waals surface area contributed by atoms with Gasteiger partial charge in [-0.3, -0.25) is 28.8 Å². The van der Waals surface area contributed by atoms with E-state index in [1.54, 1.807) is 18.3 Å². The third-order valence-corrected chi connectivity index (χ3v) is 5.33. The van der Waals surface area contributed by atoms with E-state index in [0.717, 1.165) is 11.3 Å². The standard InChI is InChI=1S/C9H11NO3.C6H9N3O2.C5H9NO4.C4H9NO3.C3H7NO3/c10-8(9(12)13)5-6-1-3-7(11)4-2-6;7-5(6(10)11)1-4-2-8-3-9-4;6-3(5(9)10)1-2-4(7)8;1-2(6)3(5)4(7)8;4-2(1-5)3(6)7/h1-4,8,11H,5,10H2,(H,12,13);2-3,5H,1,7H2,(H,8,9)(H,10,11);3H,1-2,6H2,(H,7,8)(H,9,10);2-3,6H,5H2,1H3,(H,7,8);2,5H,1,4H2,(H,6,7). The first kappa shape index (κ1) is 48.2. The zero-order valence-electron chi connectivity index (χ0n) is 26.3. The lowest BCUT2D eigenvalue weighted by Crippen LogP contribution is -2.39. The van der Waals surface area contributed by atoms with Crippen molar-refractivity contribution in [2.45, 2.75) is 68.9 Å². The molecule has 2 rings (SSSR count). The number of nitrogens with one attached hydrogen (secondary N) is 1. The Hall–Kier alpha value is -5.23. The van der Waals surface area contributed by atoms with E-state index in [4.69, 9.17) is 74.6 Å². The fraction of sp³-hybridized carbons (Fsp3) is 0.444. The van der Waals surface area contributed by atoms with Crippen LogP contribution in [0.3, 0.4) is 0 Å². The second-order valence-electron chi connectivity index (χ2n) is 9.65. The van der Waals surface area contributed by atoms with Crippen LogP contribution in [-0.2, 0) is 41.6 Å². The molecule has 0 radical (unpaired) electrons. The van der Waals surface area contributed by atoms with Crippen LogP contribution in [0.1, 0.15) is 31.0 Å². The number of nitrogens with zero attached hydrogens (tertiary/aromatic N) is 1. The Labute approximate surface area is 278 Å². The highest BCUT2D eigenvalue weighted by molar-refractivity contribution is 5.75. The van der Waals surface area contributed by atoms with Crippen molar-refractivity contribution >= 4 is 35.8 Å². The summed E-state index contributed by atoms with van der Waals surface area (Å²) in [7, 11) is 0. The monoisotopic (exact) mass is 707 g/mol. The van der Waals surface area contributed by atoms with E-state index >= 15 is 0 Å². The summed E-state index contributed by atoms with van der Waals surface area (Å²) in [6.45, 7) is 0.827. The van der Waals surface area contributed by atoms with Gasteiger partial charge in [-0.25, -0.2) is 4.98 Å². The lowest BCUT2D eigenvalue weighted by Gasteiger charge is -2.06. The van der Waals surface area contributed by atoms with Crippen LogP contribution < -0.4 is 28.7 Å².